The maximum atomic E-state index is 4.52. The highest BCUT2D eigenvalue weighted by Gasteiger charge is 2.32. The molecule has 0 fully saturated rings. The number of benzene rings is 1. The summed E-state index contributed by atoms with van der Waals surface area (Å²) >= 11 is 1.96. The number of fused-ring (bicyclic) bond motifs is 1. The van der Waals surface area contributed by atoms with Crippen LogP contribution in [-0.4, -0.2) is 0 Å². The van der Waals surface area contributed by atoms with Crippen molar-refractivity contribution in [3.8, 4) is 0 Å². The van der Waals surface area contributed by atoms with Crippen LogP contribution in [0.1, 0.15) is 48.4 Å². The second-order valence-corrected chi connectivity index (χ2v) is 7.83. The highest BCUT2D eigenvalue weighted by atomic mass is 32.2. The smallest absolute Gasteiger partial charge is 0.0190 e. The molecule has 0 amide bonds. The molecule has 1 heteroatoms. The number of thioether (sulfide) groups is 1. The number of rotatable bonds is 4. The topological polar surface area (TPSA) is 0 Å². The molecule has 0 aromatic heterocycles. The van der Waals surface area contributed by atoms with E-state index in [0.29, 0.717) is 5.92 Å². The van der Waals surface area contributed by atoms with Crippen molar-refractivity contribution in [3.05, 3.63) is 74.6 Å². The minimum Gasteiger partial charge on any atom is -0.0933 e. The van der Waals surface area contributed by atoms with E-state index in [1.807, 2.05) is 11.8 Å². The predicted octanol–water partition coefficient (Wildman–Crippen LogP) is 6.89. The summed E-state index contributed by atoms with van der Waals surface area (Å²) in [6.45, 7) is 13.4. The predicted molar refractivity (Wildman–Crippen MR) is 105 cm³/mol. The van der Waals surface area contributed by atoms with Crippen LogP contribution in [-0.2, 0) is 0 Å². The largest absolute Gasteiger partial charge is 0.0933 e. The molecule has 1 atom stereocenters. The Bertz CT molecular complexity index is 720. The van der Waals surface area contributed by atoms with Gasteiger partial charge in [-0.25, -0.2) is 0 Å². The third-order valence-electron chi connectivity index (χ3n) is 4.82. The molecular formula is C22H26S. The van der Waals surface area contributed by atoms with Crippen LogP contribution in [0.25, 0.3) is 5.57 Å². The Morgan fingerprint density at radius 1 is 1.22 bits per heavy atom. The van der Waals surface area contributed by atoms with Gasteiger partial charge >= 0.3 is 0 Å². The maximum absolute atomic E-state index is 4.52. The third kappa shape index (κ3) is 2.99. The zero-order valence-electron chi connectivity index (χ0n) is 14.7. The van der Waals surface area contributed by atoms with Gasteiger partial charge in [-0.3, -0.25) is 0 Å². The van der Waals surface area contributed by atoms with Crippen molar-refractivity contribution >= 4 is 17.3 Å². The molecule has 0 bridgehead atoms. The van der Waals surface area contributed by atoms with E-state index < -0.39 is 0 Å². The van der Waals surface area contributed by atoms with Crippen LogP contribution >= 0.6 is 11.8 Å². The van der Waals surface area contributed by atoms with Gasteiger partial charge in [0.1, 0.15) is 0 Å². The molecule has 0 N–H and O–H groups in total. The van der Waals surface area contributed by atoms with E-state index in [1.54, 1.807) is 5.57 Å². The molecule has 0 saturated carbocycles. The Morgan fingerprint density at radius 3 is 2.57 bits per heavy atom. The van der Waals surface area contributed by atoms with Gasteiger partial charge in [0.05, 0.1) is 0 Å². The average molecular weight is 323 g/mol. The van der Waals surface area contributed by atoms with Crippen LogP contribution in [0.2, 0.25) is 0 Å². The fourth-order valence-corrected chi connectivity index (χ4v) is 5.32. The van der Waals surface area contributed by atoms with Gasteiger partial charge in [0.15, 0.2) is 0 Å². The first-order valence-electron chi connectivity index (χ1n) is 8.58. The lowest BCUT2D eigenvalue weighted by Gasteiger charge is -2.17. The molecule has 0 saturated heterocycles. The molecule has 1 aromatic carbocycles. The molecule has 1 aliphatic carbocycles. The van der Waals surface area contributed by atoms with Crippen molar-refractivity contribution in [2.24, 2.45) is 5.92 Å². The van der Waals surface area contributed by atoms with E-state index in [2.05, 4.69) is 64.6 Å². The van der Waals surface area contributed by atoms with E-state index in [-0.39, 0.29) is 0 Å². The van der Waals surface area contributed by atoms with Gasteiger partial charge in [0.25, 0.3) is 0 Å². The first-order chi connectivity index (χ1) is 11.0. The number of hydrogen-bond acceptors (Lipinski definition) is 1. The summed E-state index contributed by atoms with van der Waals surface area (Å²) < 4.78 is 0. The van der Waals surface area contributed by atoms with Crippen molar-refractivity contribution in [3.63, 3.8) is 0 Å². The summed E-state index contributed by atoms with van der Waals surface area (Å²) in [5.74, 6) is 0.600. The average Bonchev–Trinajstić information content (AvgIpc) is 2.85. The summed E-state index contributed by atoms with van der Waals surface area (Å²) in [4.78, 5) is 2.94. The molecule has 23 heavy (non-hydrogen) atoms. The summed E-state index contributed by atoms with van der Waals surface area (Å²) in [6, 6.07) is 4.56. The van der Waals surface area contributed by atoms with Gasteiger partial charge in [-0.1, -0.05) is 67.6 Å². The third-order valence-corrected chi connectivity index (χ3v) is 6.19. The zero-order chi connectivity index (χ0) is 16.6. The fourth-order valence-electron chi connectivity index (χ4n) is 3.95. The van der Waals surface area contributed by atoms with E-state index in [0.717, 1.165) is 6.42 Å². The fraction of sp³-hybridized carbons (Fsp3) is 0.364. The molecule has 3 rings (SSSR count). The van der Waals surface area contributed by atoms with Crippen LogP contribution in [0.5, 0.6) is 0 Å². The Morgan fingerprint density at radius 2 is 1.91 bits per heavy atom. The van der Waals surface area contributed by atoms with Crippen LogP contribution in [0.4, 0.5) is 0 Å². The first kappa shape index (κ1) is 16.4. The molecule has 1 aromatic rings. The normalized spacial score (nSPS) is 19.8. The maximum Gasteiger partial charge on any atom is 0.0190 e. The SMILES string of the molecule is C=C(C1=C(CCC)C2CC=CC=C2S1)c1c(C)cc(C)cc1C. The Hall–Kier alpha value is -1.47. The molecule has 2 aliphatic rings. The monoisotopic (exact) mass is 322 g/mol. The van der Waals surface area contributed by atoms with E-state index in [1.165, 1.54) is 50.5 Å². The Labute approximate surface area is 145 Å². The van der Waals surface area contributed by atoms with Gasteiger partial charge in [-0.15, -0.1) is 0 Å². The van der Waals surface area contributed by atoms with E-state index in [4.69, 9.17) is 0 Å². The Balaban J connectivity index is 2.05. The highest BCUT2D eigenvalue weighted by Crippen LogP contribution is 2.54. The van der Waals surface area contributed by atoms with Gasteiger partial charge in [0, 0.05) is 10.8 Å². The molecule has 1 heterocycles. The first-order valence-corrected chi connectivity index (χ1v) is 9.39. The molecule has 0 radical (unpaired) electrons. The lowest BCUT2D eigenvalue weighted by atomic mass is 9.86. The van der Waals surface area contributed by atoms with Gasteiger partial charge in [-0.2, -0.15) is 0 Å². The molecule has 1 unspecified atom stereocenters. The molecular weight excluding hydrogens is 296 g/mol. The van der Waals surface area contributed by atoms with Crippen molar-refractivity contribution in [2.75, 3.05) is 0 Å². The molecule has 0 spiro atoms. The van der Waals surface area contributed by atoms with Gasteiger partial charge in [0.2, 0.25) is 0 Å². The summed E-state index contributed by atoms with van der Waals surface area (Å²) in [6.07, 6.45) is 10.3. The Kier molecular flexibility index (Phi) is 4.68. The summed E-state index contributed by atoms with van der Waals surface area (Å²) in [7, 11) is 0. The zero-order valence-corrected chi connectivity index (χ0v) is 15.5. The van der Waals surface area contributed by atoms with Crippen molar-refractivity contribution in [1.82, 2.24) is 0 Å². The number of hydrogen-bond donors (Lipinski definition) is 0. The standard InChI is InChI=1S/C22H26S/c1-6-9-19-18-10-7-8-11-20(18)23-22(19)17(5)21-15(3)12-14(2)13-16(21)4/h7-8,11-13,18H,5-6,9-10H2,1-4H3. The van der Waals surface area contributed by atoms with Crippen molar-refractivity contribution < 1.29 is 0 Å². The van der Waals surface area contributed by atoms with Crippen LogP contribution < -0.4 is 0 Å². The molecule has 120 valence electrons. The minimum atomic E-state index is 0.600. The van der Waals surface area contributed by atoms with Gasteiger partial charge < -0.3 is 0 Å². The number of aryl methyl sites for hydroxylation is 3. The van der Waals surface area contributed by atoms with E-state index >= 15 is 0 Å². The van der Waals surface area contributed by atoms with Crippen LogP contribution in [0.3, 0.4) is 0 Å². The summed E-state index contributed by atoms with van der Waals surface area (Å²) in [5, 5.41) is 0. The van der Waals surface area contributed by atoms with Crippen LogP contribution in [0.15, 0.2) is 52.3 Å². The van der Waals surface area contributed by atoms with Crippen molar-refractivity contribution in [2.45, 2.75) is 47.0 Å². The quantitative estimate of drug-likeness (QED) is 0.582. The summed E-state index contributed by atoms with van der Waals surface area (Å²) in [5.41, 5.74) is 8.20. The lowest BCUT2D eigenvalue weighted by Crippen LogP contribution is -2.03. The molecule has 0 nitrogen and oxygen atoms in total. The van der Waals surface area contributed by atoms with E-state index in [9.17, 15) is 0 Å². The molecule has 1 aliphatic heterocycles. The second kappa shape index (κ2) is 6.57. The minimum absolute atomic E-state index is 0.600. The number of allylic oxidation sites excluding steroid dienone is 6. The van der Waals surface area contributed by atoms with Crippen LogP contribution in [0, 0.1) is 26.7 Å². The lowest BCUT2D eigenvalue weighted by molar-refractivity contribution is 0.702. The van der Waals surface area contributed by atoms with Crippen molar-refractivity contribution in [1.29, 1.82) is 0 Å². The van der Waals surface area contributed by atoms with Gasteiger partial charge in [-0.05, 0) is 66.4 Å². The highest BCUT2D eigenvalue weighted by molar-refractivity contribution is 8.07. The second-order valence-electron chi connectivity index (χ2n) is 6.74.